The first-order valence-corrected chi connectivity index (χ1v) is 8.28. The fourth-order valence-corrected chi connectivity index (χ4v) is 2.97. The molecule has 1 aromatic heterocycles. The maximum atomic E-state index is 13.9. The molecule has 0 atom stereocenters. The summed E-state index contributed by atoms with van der Waals surface area (Å²) < 4.78 is 53.3. The van der Waals surface area contributed by atoms with E-state index in [0.717, 1.165) is 22.8 Å². The summed E-state index contributed by atoms with van der Waals surface area (Å²) >= 11 is 0. The molecule has 0 spiro atoms. The van der Waals surface area contributed by atoms with E-state index in [0.29, 0.717) is 32.0 Å². The predicted octanol–water partition coefficient (Wildman–Crippen LogP) is 1.55. The Balaban J connectivity index is 1.68. The topological polar surface area (TPSA) is 61.3 Å². The van der Waals surface area contributed by atoms with Gasteiger partial charge in [-0.15, -0.1) is 0 Å². The summed E-state index contributed by atoms with van der Waals surface area (Å²) in [5, 5.41) is 0. The van der Waals surface area contributed by atoms with Gasteiger partial charge in [-0.3, -0.25) is 19.2 Å². The lowest BCUT2D eigenvalue weighted by Gasteiger charge is -2.35. The fraction of sp³-hybridized carbons (Fsp3) is 0.412. The van der Waals surface area contributed by atoms with E-state index < -0.39 is 28.8 Å². The van der Waals surface area contributed by atoms with Crippen molar-refractivity contribution in [3.05, 3.63) is 62.0 Å². The second-order valence-electron chi connectivity index (χ2n) is 6.42. The molecule has 0 saturated carbocycles. The lowest BCUT2D eigenvalue weighted by atomic mass is 10.1. The number of benzene rings is 1. The van der Waals surface area contributed by atoms with Crippen LogP contribution in [0.25, 0.3) is 0 Å². The molecule has 27 heavy (non-hydrogen) atoms. The molecule has 2 aromatic rings. The van der Waals surface area contributed by atoms with Gasteiger partial charge >= 0.3 is 11.9 Å². The molecule has 2 heterocycles. The number of hydrogen-bond acceptors (Lipinski definition) is 4. The van der Waals surface area contributed by atoms with Crippen LogP contribution in [0.3, 0.4) is 0 Å². The van der Waals surface area contributed by atoms with Crippen molar-refractivity contribution in [3.63, 3.8) is 0 Å². The van der Waals surface area contributed by atoms with Crippen LogP contribution in [0.5, 0.6) is 0 Å². The van der Waals surface area contributed by atoms with Crippen LogP contribution < -0.4 is 16.1 Å². The largest absolute Gasteiger partial charge is 0.416 e. The van der Waals surface area contributed by atoms with Crippen LogP contribution in [0.2, 0.25) is 0 Å². The van der Waals surface area contributed by atoms with Crippen molar-refractivity contribution < 1.29 is 17.6 Å². The standard InChI is InChI=1S/C17H18F4N4O2/c1-23-15(26)9-14(22-16(23)27)25-6-4-24(5-7-25)10-11-8-12(17(19,20)21)2-3-13(11)18/h2-3,8-9H,4-7,10H2,1H3,(H,22,27). The van der Waals surface area contributed by atoms with Gasteiger partial charge in [0.15, 0.2) is 0 Å². The molecule has 6 nitrogen and oxygen atoms in total. The van der Waals surface area contributed by atoms with Crippen LogP contribution in [0.15, 0.2) is 33.9 Å². The minimum Gasteiger partial charge on any atom is -0.355 e. The van der Waals surface area contributed by atoms with Crippen LogP contribution in [-0.2, 0) is 19.8 Å². The summed E-state index contributed by atoms with van der Waals surface area (Å²) in [6, 6.07) is 3.71. The van der Waals surface area contributed by atoms with Crippen LogP contribution in [0, 0.1) is 5.82 Å². The summed E-state index contributed by atoms with van der Waals surface area (Å²) in [5.41, 5.74) is -1.84. The molecule has 0 unspecified atom stereocenters. The lowest BCUT2D eigenvalue weighted by molar-refractivity contribution is -0.137. The Labute approximate surface area is 151 Å². The van der Waals surface area contributed by atoms with Crippen LogP contribution >= 0.6 is 0 Å². The number of aromatic nitrogens is 2. The third kappa shape index (κ3) is 4.21. The van der Waals surface area contributed by atoms with Gasteiger partial charge < -0.3 is 4.90 Å². The van der Waals surface area contributed by atoms with E-state index in [4.69, 9.17) is 0 Å². The van der Waals surface area contributed by atoms with Gasteiger partial charge in [0.1, 0.15) is 11.6 Å². The van der Waals surface area contributed by atoms with E-state index in [1.807, 2.05) is 9.80 Å². The fourth-order valence-electron chi connectivity index (χ4n) is 2.97. The number of anilines is 1. The molecule has 3 rings (SSSR count). The molecule has 0 bridgehead atoms. The molecule has 0 radical (unpaired) electrons. The Kier molecular flexibility index (Phi) is 5.09. The molecule has 1 aliphatic heterocycles. The zero-order valence-electron chi connectivity index (χ0n) is 14.5. The van der Waals surface area contributed by atoms with Crippen molar-refractivity contribution >= 4 is 5.82 Å². The van der Waals surface area contributed by atoms with E-state index in [2.05, 4.69) is 4.98 Å². The number of nitrogens with zero attached hydrogens (tertiary/aromatic N) is 3. The number of H-pyrrole nitrogens is 1. The Hall–Kier alpha value is -2.62. The van der Waals surface area contributed by atoms with Gasteiger partial charge in [-0.1, -0.05) is 0 Å². The Bertz CT molecular complexity index is 912. The summed E-state index contributed by atoms with van der Waals surface area (Å²) in [4.78, 5) is 29.7. The molecule has 0 amide bonds. The molecule has 146 valence electrons. The third-order valence-corrected chi connectivity index (χ3v) is 4.61. The zero-order chi connectivity index (χ0) is 19.8. The van der Waals surface area contributed by atoms with Gasteiger partial charge in [-0.05, 0) is 18.2 Å². The highest BCUT2D eigenvalue weighted by Gasteiger charge is 2.31. The molecule has 1 aromatic carbocycles. The first-order valence-electron chi connectivity index (χ1n) is 8.28. The summed E-state index contributed by atoms with van der Waals surface area (Å²) in [5.74, 6) is -0.283. The maximum absolute atomic E-state index is 13.9. The average molecular weight is 386 g/mol. The van der Waals surface area contributed by atoms with Crippen LogP contribution in [-0.4, -0.2) is 40.6 Å². The van der Waals surface area contributed by atoms with Crippen molar-refractivity contribution in [1.29, 1.82) is 0 Å². The molecule has 0 aliphatic carbocycles. The normalized spacial score (nSPS) is 16.0. The summed E-state index contributed by atoms with van der Waals surface area (Å²) in [7, 11) is 1.37. The Morgan fingerprint density at radius 1 is 1.07 bits per heavy atom. The SMILES string of the molecule is Cn1c(=O)cc(N2CCN(Cc3cc(C(F)(F)F)ccc3F)CC2)[nH]c1=O. The number of aromatic amines is 1. The number of piperazine rings is 1. The van der Waals surface area contributed by atoms with Crippen molar-refractivity contribution in [1.82, 2.24) is 14.5 Å². The molecule has 10 heteroatoms. The van der Waals surface area contributed by atoms with Crippen molar-refractivity contribution in [2.24, 2.45) is 7.05 Å². The predicted molar refractivity (Wildman–Crippen MR) is 91.2 cm³/mol. The number of halogens is 4. The quantitative estimate of drug-likeness (QED) is 0.814. The van der Waals surface area contributed by atoms with Gasteiger partial charge in [0, 0.05) is 51.4 Å². The van der Waals surface area contributed by atoms with Crippen molar-refractivity contribution in [2.75, 3.05) is 31.1 Å². The highest BCUT2D eigenvalue weighted by molar-refractivity contribution is 5.37. The number of rotatable bonds is 3. The average Bonchev–Trinajstić information content (AvgIpc) is 2.61. The van der Waals surface area contributed by atoms with Gasteiger partial charge in [0.2, 0.25) is 0 Å². The summed E-state index contributed by atoms with van der Waals surface area (Å²) in [6.07, 6.45) is -4.52. The van der Waals surface area contributed by atoms with Crippen molar-refractivity contribution in [3.8, 4) is 0 Å². The Morgan fingerprint density at radius 3 is 2.33 bits per heavy atom. The van der Waals surface area contributed by atoms with E-state index in [1.165, 1.54) is 13.1 Å². The lowest BCUT2D eigenvalue weighted by Crippen LogP contribution is -2.47. The molecular formula is C17H18F4N4O2. The summed E-state index contributed by atoms with van der Waals surface area (Å²) in [6.45, 7) is 1.85. The van der Waals surface area contributed by atoms with Crippen molar-refractivity contribution in [2.45, 2.75) is 12.7 Å². The van der Waals surface area contributed by atoms with Crippen LogP contribution in [0.1, 0.15) is 11.1 Å². The monoisotopic (exact) mass is 386 g/mol. The highest BCUT2D eigenvalue weighted by atomic mass is 19.4. The van der Waals surface area contributed by atoms with E-state index in [-0.39, 0.29) is 12.1 Å². The number of alkyl halides is 3. The molecule has 1 saturated heterocycles. The third-order valence-electron chi connectivity index (χ3n) is 4.61. The van der Waals surface area contributed by atoms with Gasteiger partial charge in [0.25, 0.3) is 5.56 Å². The smallest absolute Gasteiger partial charge is 0.355 e. The zero-order valence-corrected chi connectivity index (χ0v) is 14.5. The van der Waals surface area contributed by atoms with Crippen LogP contribution in [0.4, 0.5) is 23.4 Å². The molecule has 1 fully saturated rings. The molecule has 1 aliphatic rings. The highest BCUT2D eigenvalue weighted by Crippen LogP contribution is 2.30. The van der Waals surface area contributed by atoms with E-state index in [1.54, 1.807) is 0 Å². The first-order chi connectivity index (χ1) is 12.6. The minimum absolute atomic E-state index is 0.0136. The molecule has 1 N–H and O–H groups in total. The first kappa shape index (κ1) is 19.2. The number of nitrogens with one attached hydrogen (secondary N) is 1. The van der Waals surface area contributed by atoms with Gasteiger partial charge in [-0.2, -0.15) is 13.2 Å². The van der Waals surface area contributed by atoms with E-state index >= 15 is 0 Å². The van der Waals surface area contributed by atoms with E-state index in [9.17, 15) is 27.2 Å². The van der Waals surface area contributed by atoms with Gasteiger partial charge in [-0.25, -0.2) is 9.18 Å². The van der Waals surface area contributed by atoms with Gasteiger partial charge in [0.05, 0.1) is 5.56 Å². The second kappa shape index (κ2) is 7.18. The minimum atomic E-state index is -4.52. The number of hydrogen-bond donors (Lipinski definition) is 1. The Morgan fingerprint density at radius 2 is 1.74 bits per heavy atom. The molecular weight excluding hydrogens is 368 g/mol. The second-order valence-corrected chi connectivity index (χ2v) is 6.42. The maximum Gasteiger partial charge on any atom is 0.416 e.